The van der Waals surface area contributed by atoms with E-state index in [-0.39, 0.29) is 11.7 Å². The van der Waals surface area contributed by atoms with Crippen molar-refractivity contribution >= 4 is 11.7 Å². The van der Waals surface area contributed by atoms with E-state index in [9.17, 15) is 9.59 Å². The Balaban J connectivity index is 1.93. The zero-order chi connectivity index (χ0) is 16.9. The van der Waals surface area contributed by atoms with Gasteiger partial charge in [0, 0.05) is 52.7 Å². The monoisotopic (exact) mass is 327 g/mol. The van der Waals surface area contributed by atoms with E-state index in [1.165, 1.54) is 25.7 Å². The molecule has 0 spiro atoms. The van der Waals surface area contributed by atoms with Crippen LogP contribution in [0.15, 0.2) is 0 Å². The summed E-state index contributed by atoms with van der Waals surface area (Å²) in [4.78, 5) is 22.7. The van der Waals surface area contributed by atoms with Crippen LogP contribution in [0.25, 0.3) is 0 Å². The van der Waals surface area contributed by atoms with E-state index < -0.39 is 0 Å². The molecule has 0 aliphatic heterocycles. The van der Waals surface area contributed by atoms with Crippen molar-refractivity contribution in [3.63, 3.8) is 0 Å². The molecule has 0 aromatic carbocycles. The summed E-state index contributed by atoms with van der Waals surface area (Å²) in [5.41, 5.74) is 0. The van der Waals surface area contributed by atoms with Gasteiger partial charge < -0.3 is 14.8 Å². The zero-order valence-corrected chi connectivity index (χ0v) is 14.8. The normalized spacial score (nSPS) is 21.1. The quantitative estimate of drug-likeness (QED) is 0.560. The van der Waals surface area contributed by atoms with Gasteiger partial charge in [-0.3, -0.25) is 9.59 Å². The molecular formula is C18H33NO4. The van der Waals surface area contributed by atoms with Gasteiger partial charge in [-0.1, -0.05) is 6.92 Å². The van der Waals surface area contributed by atoms with Crippen LogP contribution in [0.3, 0.4) is 0 Å². The first-order chi connectivity index (χ1) is 11.2. The SMILES string of the molecule is CCC(=O)CCNC(=O)CCCOCC1CCC(COC)CC1. The van der Waals surface area contributed by atoms with Gasteiger partial charge in [-0.25, -0.2) is 0 Å². The molecule has 1 saturated carbocycles. The number of amides is 1. The Morgan fingerprint density at radius 3 is 2.30 bits per heavy atom. The number of hydrogen-bond donors (Lipinski definition) is 1. The minimum atomic E-state index is 0.0116. The molecule has 0 aromatic rings. The predicted octanol–water partition coefficient (Wildman–Crippen LogP) is 2.72. The Hall–Kier alpha value is -0.940. The topological polar surface area (TPSA) is 64.6 Å². The van der Waals surface area contributed by atoms with Crippen LogP contribution in [0.2, 0.25) is 0 Å². The number of hydrogen-bond acceptors (Lipinski definition) is 4. The van der Waals surface area contributed by atoms with Gasteiger partial charge >= 0.3 is 0 Å². The van der Waals surface area contributed by atoms with Gasteiger partial charge in [0.1, 0.15) is 5.78 Å². The smallest absolute Gasteiger partial charge is 0.220 e. The van der Waals surface area contributed by atoms with E-state index in [1.807, 2.05) is 6.92 Å². The summed E-state index contributed by atoms with van der Waals surface area (Å²) < 4.78 is 10.9. The van der Waals surface area contributed by atoms with Crippen LogP contribution in [0.4, 0.5) is 0 Å². The number of Topliss-reactive ketones (excluding diaryl/α,β-unsaturated/α-hetero) is 1. The molecule has 0 radical (unpaired) electrons. The van der Waals surface area contributed by atoms with Crippen LogP contribution in [0, 0.1) is 11.8 Å². The summed E-state index contributed by atoms with van der Waals surface area (Å²) in [5.74, 6) is 1.59. The highest BCUT2D eigenvalue weighted by Crippen LogP contribution is 2.28. The van der Waals surface area contributed by atoms with E-state index >= 15 is 0 Å². The second kappa shape index (κ2) is 12.5. The van der Waals surface area contributed by atoms with Gasteiger partial charge in [-0.15, -0.1) is 0 Å². The number of carbonyl (C=O) groups excluding carboxylic acids is 2. The molecule has 1 aliphatic carbocycles. The van der Waals surface area contributed by atoms with E-state index in [1.54, 1.807) is 7.11 Å². The maximum absolute atomic E-state index is 11.6. The molecule has 0 unspecified atom stereocenters. The van der Waals surface area contributed by atoms with Gasteiger partial charge in [0.15, 0.2) is 0 Å². The lowest BCUT2D eigenvalue weighted by atomic mass is 9.83. The summed E-state index contributed by atoms with van der Waals surface area (Å²) in [7, 11) is 1.77. The Morgan fingerprint density at radius 1 is 1.04 bits per heavy atom. The summed E-state index contributed by atoms with van der Waals surface area (Å²) in [6, 6.07) is 0. The van der Waals surface area contributed by atoms with Crippen molar-refractivity contribution in [1.29, 1.82) is 0 Å². The summed E-state index contributed by atoms with van der Waals surface area (Å²) in [6.07, 6.45) is 7.11. The molecule has 1 fully saturated rings. The molecule has 0 saturated heterocycles. The average molecular weight is 327 g/mol. The molecule has 1 rings (SSSR count). The second-order valence-corrected chi connectivity index (χ2v) is 6.51. The highest BCUT2D eigenvalue weighted by atomic mass is 16.5. The maximum Gasteiger partial charge on any atom is 0.220 e. The fourth-order valence-corrected chi connectivity index (χ4v) is 2.99. The molecule has 0 atom stereocenters. The molecule has 0 bridgehead atoms. The van der Waals surface area contributed by atoms with E-state index in [0.29, 0.717) is 38.3 Å². The third kappa shape index (κ3) is 9.72. The molecular weight excluding hydrogens is 294 g/mol. The maximum atomic E-state index is 11.6. The lowest BCUT2D eigenvalue weighted by molar-refractivity contribution is -0.121. The van der Waals surface area contributed by atoms with Crippen LogP contribution >= 0.6 is 0 Å². The molecule has 5 heteroatoms. The van der Waals surface area contributed by atoms with Crippen LogP contribution in [-0.4, -0.2) is 45.2 Å². The van der Waals surface area contributed by atoms with Gasteiger partial charge in [0.05, 0.1) is 0 Å². The van der Waals surface area contributed by atoms with Crippen LogP contribution < -0.4 is 5.32 Å². The van der Waals surface area contributed by atoms with Crippen molar-refractivity contribution in [2.45, 2.75) is 58.3 Å². The van der Waals surface area contributed by atoms with Crippen molar-refractivity contribution in [2.24, 2.45) is 11.8 Å². The Morgan fingerprint density at radius 2 is 1.70 bits per heavy atom. The van der Waals surface area contributed by atoms with Crippen molar-refractivity contribution < 1.29 is 19.1 Å². The highest BCUT2D eigenvalue weighted by molar-refractivity contribution is 5.80. The van der Waals surface area contributed by atoms with Crippen LogP contribution in [0.5, 0.6) is 0 Å². The summed E-state index contributed by atoms with van der Waals surface area (Å²) in [5, 5.41) is 2.78. The number of ketones is 1. The minimum absolute atomic E-state index is 0.0116. The first-order valence-electron chi connectivity index (χ1n) is 9.00. The van der Waals surface area contributed by atoms with Crippen molar-refractivity contribution in [1.82, 2.24) is 5.32 Å². The molecule has 1 amide bonds. The molecule has 0 aromatic heterocycles. The number of carbonyl (C=O) groups is 2. The predicted molar refractivity (Wildman–Crippen MR) is 90.3 cm³/mol. The average Bonchev–Trinajstić information content (AvgIpc) is 2.56. The van der Waals surface area contributed by atoms with Gasteiger partial charge in [0.25, 0.3) is 0 Å². The van der Waals surface area contributed by atoms with Gasteiger partial charge in [-0.05, 0) is 43.9 Å². The Kier molecular flexibility index (Phi) is 10.9. The lowest BCUT2D eigenvalue weighted by Gasteiger charge is -2.27. The standard InChI is InChI=1S/C18H33NO4/c1-3-17(20)10-11-19-18(21)5-4-12-23-14-16-8-6-15(7-9-16)13-22-2/h15-16H,3-14H2,1-2H3,(H,19,21). The van der Waals surface area contributed by atoms with Gasteiger partial charge in [0.2, 0.25) is 5.91 Å². The number of rotatable bonds is 12. The Labute approximate surface area is 140 Å². The number of ether oxygens (including phenoxy) is 2. The van der Waals surface area contributed by atoms with Gasteiger partial charge in [-0.2, -0.15) is 0 Å². The Bertz CT molecular complexity index is 338. The van der Waals surface area contributed by atoms with E-state index in [2.05, 4.69) is 5.32 Å². The zero-order valence-electron chi connectivity index (χ0n) is 14.8. The van der Waals surface area contributed by atoms with E-state index in [4.69, 9.17) is 9.47 Å². The number of nitrogens with one attached hydrogen (secondary N) is 1. The fourth-order valence-electron chi connectivity index (χ4n) is 2.99. The van der Waals surface area contributed by atoms with Crippen LogP contribution in [-0.2, 0) is 19.1 Å². The van der Waals surface area contributed by atoms with Crippen molar-refractivity contribution in [3.8, 4) is 0 Å². The second-order valence-electron chi connectivity index (χ2n) is 6.51. The van der Waals surface area contributed by atoms with Crippen molar-refractivity contribution in [3.05, 3.63) is 0 Å². The molecule has 5 nitrogen and oxygen atoms in total. The highest BCUT2D eigenvalue weighted by Gasteiger charge is 2.20. The fraction of sp³-hybridized carbons (Fsp3) is 0.889. The molecule has 1 aliphatic rings. The first-order valence-corrected chi connectivity index (χ1v) is 9.00. The summed E-state index contributed by atoms with van der Waals surface area (Å²) in [6.45, 7) is 4.63. The van der Waals surface area contributed by atoms with Crippen molar-refractivity contribution in [2.75, 3.05) is 33.5 Å². The molecule has 23 heavy (non-hydrogen) atoms. The van der Waals surface area contributed by atoms with Crippen LogP contribution in [0.1, 0.15) is 58.3 Å². The molecule has 134 valence electrons. The summed E-state index contributed by atoms with van der Waals surface area (Å²) >= 11 is 0. The molecule has 0 heterocycles. The molecule has 1 N–H and O–H groups in total. The first kappa shape index (κ1) is 20.1. The number of methoxy groups -OCH3 is 1. The minimum Gasteiger partial charge on any atom is -0.384 e. The third-order valence-corrected chi connectivity index (χ3v) is 4.54. The van der Waals surface area contributed by atoms with E-state index in [0.717, 1.165) is 25.6 Å². The lowest BCUT2D eigenvalue weighted by Crippen LogP contribution is -2.26. The largest absolute Gasteiger partial charge is 0.384 e. The third-order valence-electron chi connectivity index (χ3n) is 4.54.